The summed E-state index contributed by atoms with van der Waals surface area (Å²) in [6.45, 7) is 4.64. The minimum Gasteiger partial charge on any atom is -0.357 e. The maximum Gasteiger partial charge on any atom is 0.390 e. The molecule has 0 radical (unpaired) electrons. The van der Waals surface area contributed by atoms with E-state index in [2.05, 4.69) is 15.3 Å². The zero-order valence-corrected chi connectivity index (χ0v) is 12.6. The van der Waals surface area contributed by atoms with E-state index in [9.17, 15) is 13.2 Å². The Morgan fingerprint density at radius 2 is 2.20 bits per heavy atom. The summed E-state index contributed by atoms with van der Waals surface area (Å²) in [5, 5.41) is 5.88. The van der Waals surface area contributed by atoms with Crippen LogP contribution < -0.4 is 5.32 Å². The first-order chi connectivity index (χ1) is 9.31. The number of hydrogen-bond acceptors (Lipinski definition) is 3. The van der Waals surface area contributed by atoms with Crippen molar-refractivity contribution < 1.29 is 13.2 Å². The first kappa shape index (κ1) is 16.7. The molecule has 0 spiro atoms. The van der Waals surface area contributed by atoms with Crippen LogP contribution in [0.1, 0.15) is 24.0 Å². The Labute approximate surface area is 120 Å². The third-order valence-corrected chi connectivity index (χ3v) is 3.24. The summed E-state index contributed by atoms with van der Waals surface area (Å²) in [6, 6.07) is 0. The zero-order valence-electron chi connectivity index (χ0n) is 11.8. The second-order valence-electron chi connectivity index (χ2n) is 4.31. The van der Waals surface area contributed by atoms with Gasteiger partial charge in [-0.3, -0.25) is 4.99 Å². The lowest BCUT2D eigenvalue weighted by Gasteiger charge is -2.21. The number of nitrogens with one attached hydrogen (secondary N) is 1. The second kappa shape index (κ2) is 7.47. The lowest BCUT2D eigenvalue weighted by molar-refractivity contribution is -0.132. The third kappa shape index (κ3) is 6.23. The van der Waals surface area contributed by atoms with Crippen molar-refractivity contribution >= 4 is 17.3 Å². The molecule has 1 N–H and O–H groups in total. The van der Waals surface area contributed by atoms with Gasteiger partial charge in [0.1, 0.15) is 0 Å². The van der Waals surface area contributed by atoms with Crippen LogP contribution in [0.5, 0.6) is 0 Å². The Morgan fingerprint density at radius 3 is 2.70 bits per heavy atom. The van der Waals surface area contributed by atoms with Crippen LogP contribution in [0.2, 0.25) is 0 Å². The number of hydrogen-bond donors (Lipinski definition) is 1. The number of guanidine groups is 1. The van der Waals surface area contributed by atoms with Gasteiger partial charge in [0.2, 0.25) is 0 Å². The van der Waals surface area contributed by atoms with Gasteiger partial charge in [0, 0.05) is 19.0 Å². The van der Waals surface area contributed by atoms with Gasteiger partial charge in [-0.05, 0) is 13.8 Å². The monoisotopic (exact) mass is 308 g/mol. The molecule has 0 aliphatic rings. The van der Waals surface area contributed by atoms with Crippen LogP contribution in [0, 0.1) is 6.92 Å². The zero-order chi connectivity index (χ0) is 15.2. The minimum absolute atomic E-state index is 0.272. The largest absolute Gasteiger partial charge is 0.390 e. The highest BCUT2D eigenvalue weighted by molar-refractivity contribution is 7.09. The molecule has 0 unspecified atom stereocenters. The van der Waals surface area contributed by atoms with E-state index >= 15 is 0 Å². The number of alkyl halides is 3. The van der Waals surface area contributed by atoms with Gasteiger partial charge < -0.3 is 10.2 Å². The van der Waals surface area contributed by atoms with E-state index in [1.54, 1.807) is 23.3 Å². The van der Waals surface area contributed by atoms with Crippen LogP contribution in [-0.4, -0.2) is 42.2 Å². The molecule has 0 aliphatic heterocycles. The van der Waals surface area contributed by atoms with Crippen LogP contribution >= 0.6 is 11.3 Å². The Morgan fingerprint density at radius 1 is 1.50 bits per heavy atom. The molecule has 4 nitrogen and oxygen atoms in total. The molecule has 0 bridgehead atoms. The Bertz CT molecular complexity index is 442. The summed E-state index contributed by atoms with van der Waals surface area (Å²) in [7, 11) is 1.78. The van der Waals surface area contributed by atoms with Gasteiger partial charge >= 0.3 is 6.18 Å². The van der Waals surface area contributed by atoms with E-state index in [0.29, 0.717) is 19.0 Å². The van der Waals surface area contributed by atoms with Gasteiger partial charge in [-0.25, -0.2) is 4.98 Å². The van der Waals surface area contributed by atoms with Crippen molar-refractivity contribution in [2.24, 2.45) is 4.99 Å². The highest BCUT2D eigenvalue weighted by Gasteiger charge is 2.26. The first-order valence-electron chi connectivity index (χ1n) is 6.29. The fourth-order valence-electron chi connectivity index (χ4n) is 1.56. The molecule has 1 aromatic rings. The van der Waals surface area contributed by atoms with E-state index in [4.69, 9.17) is 0 Å². The number of aromatic nitrogens is 1. The van der Waals surface area contributed by atoms with E-state index in [1.165, 1.54) is 0 Å². The second-order valence-corrected chi connectivity index (χ2v) is 5.38. The number of aryl methyl sites for hydroxylation is 1. The van der Waals surface area contributed by atoms with E-state index < -0.39 is 12.6 Å². The number of thiazole rings is 1. The maximum absolute atomic E-state index is 12.1. The normalized spacial score (nSPS) is 12.6. The number of aliphatic imine (C=N–C) groups is 1. The first-order valence-corrected chi connectivity index (χ1v) is 7.17. The van der Waals surface area contributed by atoms with Crippen LogP contribution in [-0.2, 0) is 6.54 Å². The molecular weight excluding hydrogens is 289 g/mol. The smallest absolute Gasteiger partial charge is 0.357 e. The van der Waals surface area contributed by atoms with Gasteiger partial charge in [0.15, 0.2) is 5.96 Å². The van der Waals surface area contributed by atoms with Crippen molar-refractivity contribution in [2.75, 3.05) is 20.1 Å². The standard InChI is InChI=1S/C12H19F3N4S/c1-4-16-11(17-6-5-12(13,14)15)19(3)7-10-8-20-9(2)18-10/h8H,4-7H2,1-3H3,(H,16,17). The lowest BCUT2D eigenvalue weighted by atomic mass is 10.4. The van der Waals surface area contributed by atoms with Gasteiger partial charge in [-0.2, -0.15) is 13.2 Å². The predicted octanol–water partition coefficient (Wildman–Crippen LogP) is 2.80. The summed E-state index contributed by atoms with van der Waals surface area (Å²) in [5.74, 6) is 0.461. The van der Waals surface area contributed by atoms with Gasteiger partial charge in [0.05, 0.1) is 30.2 Å². The molecule has 0 aromatic carbocycles. The van der Waals surface area contributed by atoms with Crippen molar-refractivity contribution in [3.63, 3.8) is 0 Å². The van der Waals surface area contributed by atoms with E-state index in [1.807, 2.05) is 19.2 Å². The van der Waals surface area contributed by atoms with Crippen molar-refractivity contribution in [1.82, 2.24) is 15.2 Å². The Balaban J connectivity index is 2.61. The number of halogens is 3. The molecule has 0 atom stereocenters. The van der Waals surface area contributed by atoms with Gasteiger partial charge in [-0.1, -0.05) is 0 Å². The molecule has 8 heteroatoms. The van der Waals surface area contributed by atoms with Crippen molar-refractivity contribution in [3.8, 4) is 0 Å². The van der Waals surface area contributed by atoms with Crippen LogP contribution in [0.15, 0.2) is 10.4 Å². The lowest BCUT2D eigenvalue weighted by Crippen LogP contribution is -2.38. The average molecular weight is 308 g/mol. The molecule has 0 fully saturated rings. The molecule has 114 valence electrons. The Kier molecular flexibility index (Phi) is 6.25. The summed E-state index contributed by atoms with van der Waals surface area (Å²) < 4.78 is 36.4. The summed E-state index contributed by atoms with van der Waals surface area (Å²) in [4.78, 5) is 10.1. The van der Waals surface area contributed by atoms with Gasteiger partial charge in [0.25, 0.3) is 0 Å². The fourth-order valence-corrected chi connectivity index (χ4v) is 2.16. The third-order valence-electron chi connectivity index (χ3n) is 2.42. The van der Waals surface area contributed by atoms with Crippen LogP contribution in [0.25, 0.3) is 0 Å². The molecule has 0 saturated carbocycles. The van der Waals surface area contributed by atoms with Crippen molar-refractivity contribution in [3.05, 3.63) is 16.1 Å². The van der Waals surface area contributed by atoms with Crippen molar-refractivity contribution in [2.45, 2.75) is 33.0 Å². The average Bonchev–Trinajstić information content (AvgIpc) is 2.72. The molecule has 0 aliphatic carbocycles. The highest BCUT2D eigenvalue weighted by Crippen LogP contribution is 2.19. The van der Waals surface area contributed by atoms with Crippen LogP contribution in [0.3, 0.4) is 0 Å². The summed E-state index contributed by atoms with van der Waals surface area (Å²) in [5.41, 5.74) is 0.886. The maximum atomic E-state index is 12.1. The number of rotatable bonds is 5. The predicted molar refractivity (Wildman–Crippen MR) is 75.0 cm³/mol. The van der Waals surface area contributed by atoms with E-state index in [-0.39, 0.29) is 6.54 Å². The highest BCUT2D eigenvalue weighted by atomic mass is 32.1. The molecule has 20 heavy (non-hydrogen) atoms. The SMILES string of the molecule is CCNC(=NCCC(F)(F)F)N(C)Cc1csc(C)n1. The number of nitrogens with zero attached hydrogens (tertiary/aromatic N) is 3. The molecule has 0 saturated heterocycles. The van der Waals surface area contributed by atoms with Gasteiger partial charge in [-0.15, -0.1) is 11.3 Å². The fraction of sp³-hybridized carbons (Fsp3) is 0.667. The molecule has 0 amide bonds. The van der Waals surface area contributed by atoms with Crippen LogP contribution in [0.4, 0.5) is 13.2 Å². The minimum atomic E-state index is -4.18. The van der Waals surface area contributed by atoms with E-state index in [0.717, 1.165) is 10.7 Å². The molecule has 1 rings (SSSR count). The Hall–Kier alpha value is -1.31. The molecule has 1 aromatic heterocycles. The molecule has 1 heterocycles. The summed E-state index contributed by atoms with van der Waals surface area (Å²) in [6.07, 6.45) is -5.09. The quantitative estimate of drug-likeness (QED) is 0.672. The topological polar surface area (TPSA) is 40.5 Å². The summed E-state index contributed by atoms with van der Waals surface area (Å²) >= 11 is 1.55. The molecular formula is C12H19F3N4S. The van der Waals surface area contributed by atoms with Crippen molar-refractivity contribution in [1.29, 1.82) is 0 Å².